The third-order valence-electron chi connectivity index (χ3n) is 6.80. The van der Waals surface area contributed by atoms with Gasteiger partial charge in [-0.15, -0.1) is 0 Å². The highest BCUT2D eigenvalue weighted by molar-refractivity contribution is 9.10. The average Bonchev–Trinajstić information content (AvgIpc) is 3.46. The van der Waals surface area contributed by atoms with E-state index in [1.807, 2.05) is 54.1 Å². The van der Waals surface area contributed by atoms with E-state index in [0.29, 0.717) is 48.3 Å². The number of hydrogen-bond acceptors (Lipinski definition) is 7. The molecule has 5 aromatic rings. The molecule has 4 heterocycles. The van der Waals surface area contributed by atoms with Crippen molar-refractivity contribution in [3.63, 3.8) is 0 Å². The van der Waals surface area contributed by atoms with Gasteiger partial charge in [-0.25, -0.2) is 14.5 Å². The molecule has 10 nitrogen and oxygen atoms in total. The van der Waals surface area contributed by atoms with Crippen molar-refractivity contribution in [2.75, 3.05) is 18.5 Å². The van der Waals surface area contributed by atoms with Crippen LogP contribution in [0.3, 0.4) is 0 Å². The fourth-order valence-corrected chi connectivity index (χ4v) is 6.04. The Hall–Kier alpha value is -3.32. The largest absolute Gasteiger partial charge is 0.396 e. The van der Waals surface area contributed by atoms with Gasteiger partial charge in [0, 0.05) is 38.2 Å². The number of aliphatic hydroxyl groups is 1. The van der Waals surface area contributed by atoms with Crippen molar-refractivity contribution in [1.82, 2.24) is 28.7 Å². The van der Waals surface area contributed by atoms with E-state index in [4.69, 9.17) is 9.84 Å². The number of nitrogens with zero attached hydrogens (tertiary/aromatic N) is 6. The molecular formula is C28H34BrN7O3Si. The number of nitrogens with one attached hydrogen (secondary N) is 1. The van der Waals surface area contributed by atoms with Crippen molar-refractivity contribution in [3.05, 3.63) is 81.3 Å². The number of halogens is 1. The standard InChI is InChI=1S/C28H34BrN7O3Si/c1-19-10-12-35-24(19)28(38)36(20-8-6-5-7-9-20)26(33-35)22(11-13-37)32-25-23-21(29)16-34(27(23)31-17-30-25)18-39-14-15-40(2,3)4/h5-10,12,16-17,22,37H,11,13-15,18H2,1-4H3,(H,30,31,32). The van der Waals surface area contributed by atoms with Crippen molar-refractivity contribution in [1.29, 1.82) is 0 Å². The lowest BCUT2D eigenvalue weighted by atomic mass is 10.1. The normalized spacial score (nSPS) is 12.8. The molecule has 0 saturated heterocycles. The molecule has 0 radical (unpaired) electrons. The van der Waals surface area contributed by atoms with E-state index in [-0.39, 0.29) is 12.2 Å². The number of para-hydroxylation sites is 1. The summed E-state index contributed by atoms with van der Waals surface area (Å²) in [6, 6.07) is 11.8. The first-order valence-electron chi connectivity index (χ1n) is 13.3. The van der Waals surface area contributed by atoms with Crippen LogP contribution in [0.1, 0.15) is 23.9 Å². The highest BCUT2D eigenvalue weighted by atomic mass is 79.9. The zero-order chi connectivity index (χ0) is 28.4. The average molecular weight is 625 g/mol. The third-order valence-corrected chi connectivity index (χ3v) is 9.11. The van der Waals surface area contributed by atoms with Crippen LogP contribution in [-0.2, 0) is 11.5 Å². The van der Waals surface area contributed by atoms with Crippen LogP contribution >= 0.6 is 15.9 Å². The summed E-state index contributed by atoms with van der Waals surface area (Å²) in [5.41, 5.74) is 2.58. The number of anilines is 1. The minimum Gasteiger partial charge on any atom is -0.396 e. The molecular weight excluding hydrogens is 590 g/mol. The predicted molar refractivity (Wildman–Crippen MR) is 163 cm³/mol. The van der Waals surface area contributed by atoms with Gasteiger partial charge in [0.1, 0.15) is 30.0 Å². The monoisotopic (exact) mass is 623 g/mol. The summed E-state index contributed by atoms with van der Waals surface area (Å²) in [6.45, 7) is 9.83. The predicted octanol–water partition coefficient (Wildman–Crippen LogP) is 5.15. The van der Waals surface area contributed by atoms with E-state index >= 15 is 0 Å². The van der Waals surface area contributed by atoms with Gasteiger partial charge in [-0.05, 0) is 59.1 Å². The summed E-state index contributed by atoms with van der Waals surface area (Å²) in [7, 11) is -1.19. The summed E-state index contributed by atoms with van der Waals surface area (Å²) < 4.78 is 12.0. The highest BCUT2D eigenvalue weighted by Crippen LogP contribution is 2.33. The minimum absolute atomic E-state index is 0.119. The summed E-state index contributed by atoms with van der Waals surface area (Å²) in [6.07, 6.45) is 5.52. The van der Waals surface area contributed by atoms with E-state index in [1.165, 1.54) is 6.33 Å². The Kier molecular flexibility index (Phi) is 8.22. The van der Waals surface area contributed by atoms with Crippen LogP contribution in [0.5, 0.6) is 0 Å². The fraction of sp³-hybridized carbons (Fsp3) is 0.357. The highest BCUT2D eigenvalue weighted by Gasteiger charge is 2.24. The Bertz CT molecular complexity index is 1690. The molecule has 1 aromatic carbocycles. The molecule has 5 rings (SSSR count). The van der Waals surface area contributed by atoms with E-state index in [2.05, 4.69) is 50.9 Å². The Morgan fingerprint density at radius 1 is 1.15 bits per heavy atom. The molecule has 0 bridgehead atoms. The first-order valence-corrected chi connectivity index (χ1v) is 17.8. The second-order valence-electron chi connectivity index (χ2n) is 11.1. The van der Waals surface area contributed by atoms with Gasteiger partial charge in [0.2, 0.25) is 0 Å². The molecule has 4 aromatic heterocycles. The van der Waals surface area contributed by atoms with Gasteiger partial charge in [0.25, 0.3) is 5.56 Å². The Labute approximate surface area is 241 Å². The number of benzene rings is 1. The lowest BCUT2D eigenvalue weighted by Crippen LogP contribution is -2.31. The van der Waals surface area contributed by atoms with Crippen molar-refractivity contribution < 1.29 is 9.84 Å². The first-order chi connectivity index (χ1) is 19.2. The van der Waals surface area contributed by atoms with E-state index in [1.54, 1.807) is 15.3 Å². The smallest absolute Gasteiger partial charge is 0.282 e. The van der Waals surface area contributed by atoms with Crippen molar-refractivity contribution in [2.24, 2.45) is 0 Å². The summed E-state index contributed by atoms with van der Waals surface area (Å²) in [5.74, 6) is 1.03. The van der Waals surface area contributed by atoms with Gasteiger partial charge in [-0.2, -0.15) is 5.10 Å². The summed E-state index contributed by atoms with van der Waals surface area (Å²) in [5, 5.41) is 19.2. The van der Waals surface area contributed by atoms with Crippen LogP contribution in [0.25, 0.3) is 22.2 Å². The van der Waals surface area contributed by atoms with Gasteiger partial charge in [-0.1, -0.05) is 37.8 Å². The number of aromatic nitrogens is 6. The molecule has 1 unspecified atom stereocenters. The van der Waals surface area contributed by atoms with Gasteiger partial charge in [0.05, 0.1) is 17.1 Å². The number of aryl methyl sites for hydroxylation is 1. The number of ether oxygens (including phenoxy) is 1. The molecule has 0 aliphatic heterocycles. The lowest BCUT2D eigenvalue weighted by molar-refractivity contribution is 0.0898. The topological polar surface area (TPSA) is 112 Å². The van der Waals surface area contributed by atoms with Crippen LogP contribution in [-0.4, -0.2) is 55.1 Å². The second kappa shape index (κ2) is 11.7. The molecule has 0 amide bonds. The SMILES string of the molecule is Cc1ccn2nc(C(CCO)Nc3ncnc4c3c(Br)cn4COCC[Si](C)(C)C)n(-c3ccccc3)c(=O)c12. The van der Waals surface area contributed by atoms with E-state index in [9.17, 15) is 9.90 Å². The maximum Gasteiger partial charge on any atom is 0.282 e. The van der Waals surface area contributed by atoms with Crippen molar-refractivity contribution >= 4 is 46.4 Å². The van der Waals surface area contributed by atoms with E-state index in [0.717, 1.165) is 21.5 Å². The minimum atomic E-state index is -1.19. The molecule has 40 heavy (non-hydrogen) atoms. The van der Waals surface area contributed by atoms with Crippen LogP contribution in [0.15, 0.2) is 64.4 Å². The van der Waals surface area contributed by atoms with E-state index < -0.39 is 14.1 Å². The van der Waals surface area contributed by atoms with Gasteiger partial charge in [0.15, 0.2) is 5.82 Å². The Balaban J connectivity index is 1.55. The zero-order valence-corrected chi connectivity index (χ0v) is 25.7. The fourth-order valence-electron chi connectivity index (χ4n) is 4.67. The lowest BCUT2D eigenvalue weighted by Gasteiger charge is -2.22. The molecule has 0 aliphatic carbocycles. The molecule has 0 aliphatic rings. The van der Waals surface area contributed by atoms with Gasteiger partial charge < -0.3 is 19.7 Å². The first kappa shape index (κ1) is 28.2. The quantitative estimate of drug-likeness (QED) is 0.155. The van der Waals surface area contributed by atoms with Crippen LogP contribution in [0, 0.1) is 6.92 Å². The van der Waals surface area contributed by atoms with Crippen LogP contribution in [0.2, 0.25) is 25.7 Å². The maximum absolute atomic E-state index is 13.8. The Morgan fingerprint density at radius 3 is 2.65 bits per heavy atom. The van der Waals surface area contributed by atoms with Crippen molar-refractivity contribution in [3.8, 4) is 5.69 Å². The van der Waals surface area contributed by atoms with Crippen molar-refractivity contribution in [2.45, 2.75) is 51.8 Å². The summed E-state index contributed by atoms with van der Waals surface area (Å²) in [4.78, 5) is 22.9. The molecule has 2 N–H and O–H groups in total. The van der Waals surface area contributed by atoms with Crippen LogP contribution < -0.4 is 10.9 Å². The third kappa shape index (κ3) is 5.75. The van der Waals surface area contributed by atoms with Gasteiger partial charge >= 0.3 is 0 Å². The number of aliphatic hydroxyl groups excluding tert-OH is 1. The molecule has 0 fully saturated rings. The Morgan fingerprint density at radius 2 is 1.93 bits per heavy atom. The molecule has 1 atom stereocenters. The molecule has 12 heteroatoms. The zero-order valence-electron chi connectivity index (χ0n) is 23.1. The molecule has 0 saturated carbocycles. The number of hydrogen-bond donors (Lipinski definition) is 2. The number of rotatable bonds is 11. The van der Waals surface area contributed by atoms with Gasteiger partial charge in [-0.3, -0.25) is 9.36 Å². The molecule has 0 spiro atoms. The molecule has 210 valence electrons. The van der Waals surface area contributed by atoms with Crippen LogP contribution in [0.4, 0.5) is 5.82 Å². The maximum atomic E-state index is 13.8. The summed E-state index contributed by atoms with van der Waals surface area (Å²) >= 11 is 3.68. The second-order valence-corrected chi connectivity index (χ2v) is 17.5. The number of fused-ring (bicyclic) bond motifs is 2.